The van der Waals surface area contributed by atoms with Crippen LogP contribution in [0.15, 0.2) is 24.6 Å². The molecule has 1 heterocycles. The first-order valence-electron chi connectivity index (χ1n) is 11.4. The second-order valence-corrected chi connectivity index (χ2v) is 7.91. The maximum atomic E-state index is 5.97. The Kier molecular flexibility index (Phi) is 14.4. The molecule has 2 unspecified atom stereocenters. The average Bonchev–Trinajstić information content (AvgIpc) is 3.10. The fraction of sp³-hybridized carbons (Fsp3) is 0.826. The molecule has 3 N–H and O–H groups in total. The quantitative estimate of drug-likeness (QED) is 0.231. The molecule has 0 aromatic carbocycles. The number of hydrogen-bond acceptors (Lipinski definition) is 3. The summed E-state index contributed by atoms with van der Waals surface area (Å²) in [6, 6.07) is 0. The van der Waals surface area contributed by atoms with E-state index >= 15 is 0 Å². The summed E-state index contributed by atoms with van der Waals surface area (Å²) in [7, 11) is 0. The Morgan fingerprint density at radius 1 is 0.885 bits per heavy atom. The number of nitrogens with one attached hydrogen (secondary N) is 1. The summed E-state index contributed by atoms with van der Waals surface area (Å²) >= 11 is 0. The van der Waals surface area contributed by atoms with Crippen molar-refractivity contribution in [2.45, 2.75) is 122 Å². The fourth-order valence-corrected chi connectivity index (χ4v) is 3.67. The number of rotatable bonds is 17. The SMILES string of the molecule is CCCCCCCCCCCC/C=C/CCCCC1NC=CN1C(C)N. The fourth-order valence-electron chi connectivity index (χ4n) is 3.67. The highest BCUT2D eigenvalue weighted by Gasteiger charge is 2.20. The van der Waals surface area contributed by atoms with Gasteiger partial charge in [-0.2, -0.15) is 0 Å². The first-order chi connectivity index (χ1) is 12.8. The molecule has 3 nitrogen and oxygen atoms in total. The average molecular weight is 364 g/mol. The van der Waals surface area contributed by atoms with Gasteiger partial charge in [-0.05, 0) is 45.4 Å². The Bertz CT molecular complexity index is 362. The Balaban J connectivity index is 1.81. The van der Waals surface area contributed by atoms with Crippen molar-refractivity contribution >= 4 is 0 Å². The highest BCUT2D eigenvalue weighted by molar-refractivity contribution is 4.95. The van der Waals surface area contributed by atoms with Crippen LogP contribution in [0.25, 0.3) is 0 Å². The summed E-state index contributed by atoms with van der Waals surface area (Å²) in [6.45, 7) is 4.33. The van der Waals surface area contributed by atoms with E-state index in [0.29, 0.717) is 6.17 Å². The van der Waals surface area contributed by atoms with Crippen LogP contribution in [0.1, 0.15) is 110 Å². The second kappa shape index (κ2) is 16.2. The summed E-state index contributed by atoms with van der Waals surface area (Å²) in [5.74, 6) is 0. The largest absolute Gasteiger partial charge is 0.370 e. The summed E-state index contributed by atoms with van der Waals surface area (Å²) in [6.07, 6.45) is 29.8. The van der Waals surface area contributed by atoms with Crippen molar-refractivity contribution in [2.75, 3.05) is 0 Å². The Labute approximate surface area is 163 Å². The van der Waals surface area contributed by atoms with Gasteiger partial charge in [-0.1, -0.05) is 76.9 Å². The molecule has 0 radical (unpaired) electrons. The maximum Gasteiger partial charge on any atom is 0.0995 e. The van der Waals surface area contributed by atoms with Gasteiger partial charge in [0, 0.05) is 12.4 Å². The van der Waals surface area contributed by atoms with Gasteiger partial charge in [-0.3, -0.25) is 0 Å². The standard InChI is InChI=1S/C23H45N3/c1-3-4-5-6-7-8-9-10-11-12-13-14-15-16-17-18-19-23-25-20-21-26(23)22(2)24/h14-15,20-23,25H,3-13,16-19,24H2,1-2H3/b15-14+. The molecule has 1 rings (SSSR count). The highest BCUT2D eigenvalue weighted by atomic mass is 15.3. The third kappa shape index (κ3) is 11.6. The monoisotopic (exact) mass is 363 g/mol. The van der Waals surface area contributed by atoms with Gasteiger partial charge in [0.15, 0.2) is 0 Å². The van der Waals surface area contributed by atoms with Crippen molar-refractivity contribution in [2.24, 2.45) is 5.73 Å². The van der Waals surface area contributed by atoms with E-state index in [1.54, 1.807) is 0 Å². The molecule has 0 aliphatic carbocycles. The molecule has 1 aliphatic heterocycles. The first kappa shape index (κ1) is 23.1. The second-order valence-electron chi connectivity index (χ2n) is 7.91. The highest BCUT2D eigenvalue weighted by Crippen LogP contribution is 2.15. The molecule has 26 heavy (non-hydrogen) atoms. The van der Waals surface area contributed by atoms with Crippen LogP contribution in [0.4, 0.5) is 0 Å². The van der Waals surface area contributed by atoms with E-state index in [1.165, 1.54) is 96.3 Å². The van der Waals surface area contributed by atoms with E-state index < -0.39 is 0 Å². The van der Waals surface area contributed by atoms with Crippen LogP contribution in [0.5, 0.6) is 0 Å². The Hall–Kier alpha value is -0.960. The first-order valence-corrected chi connectivity index (χ1v) is 11.4. The van der Waals surface area contributed by atoms with Crippen LogP contribution in [-0.4, -0.2) is 17.2 Å². The molecule has 0 spiro atoms. The van der Waals surface area contributed by atoms with Crippen molar-refractivity contribution in [3.8, 4) is 0 Å². The van der Waals surface area contributed by atoms with E-state index in [0.717, 1.165) is 0 Å². The molecule has 3 heteroatoms. The van der Waals surface area contributed by atoms with Gasteiger partial charge < -0.3 is 16.0 Å². The van der Waals surface area contributed by atoms with Crippen molar-refractivity contribution in [3.05, 3.63) is 24.6 Å². The Morgan fingerprint density at radius 3 is 2.00 bits per heavy atom. The lowest BCUT2D eigenvalue weighted by Crippen LogP contribution is -2.44. The molecule has 1 aliphatic rings. The van der Waals surface area contributed by atoms with Crippen LogP contribution in [0.2, 0.25) is 0 Å². The molecular weight excluding hydrogens is 318 g/mol. The Morgan fingerprint density at radius 2 is 1.42 bits per heavy atom. The van der Waals surface area contributed by atoms with E-state index in [9.17, 15) is 0 Å². The summed E-state index contributed by atoms with van der Waals surface area (Å²) < 4.78 is 0. The molecule has 0 fully saturated rings. The van der Waals surface area contributed by atoms with E-state index in [2.05, 4.69) is 35.5 Å². The smallest absolute Gasteiger partial charge is 0.0995 e. The van der Waals surface area contributed by atoms with Crippen molar-refractivity contribution in [3.63, 3.8) is 0 Å². The van der Waals surface area contributed by atoms with Gasteiger partial charge in [0.1, 0.15) is 0 Å². The predicted molar refractivity (Wildman–Crippen MR) is 116 cm³/mol. The van der Waals surface area contributed by atoms with E-state index in [-0.39, 0.29) is 6.17 Å². The molecule has 0 saturated carbocycles. The zero-order chi connectivity index (χ0) is 18.9. The predicted octanol–water partition coefficient (Wildman–Crippen LogP) is 6.42. The molecule has 0 aromatic rings. The lowest BCUT2D eigenvalue weighted by molar-refractivity contribution is 0.208. The third-order valence-electron chi connectivity index (χ3n) is 5.35. The van der Waals surface area contributed by atoms with Crippen LogP contribution >= 0.6 is 0 Å². The van der Waals surface area contributed by atoms with Gasteiger partial charge in [0.2, 0.25) is 0 Å². The lowest BCUT2D eigenvalue weighted by Gasteiger charge is -2.28. The van der Waals surface area contributed by atoms with Crippen LogP contribution < -0.4 is 11.1 Å². The van der Waals surface area contributed by atoms with Gasteiger partial charge in [-0.15, -0.1) is 0 Å². The third-order valence-corrected chi connectivity index (χ3v) is 5.35. The van der Waals surface area contributed by atoms with Crippen molar-refractivity contribution in [1.29, 1.82) is 0 Å². The minimum Gasteiger partial charge on any atom is -0.370 e. The van der Waals surface area contributed by atoms with Gasteiger partial charge in [0.05, 0.1) is 12.3 Å². The summed E-state index contributed by atoms with van der Waals surface area (Å²) in [5, 5.41) is 3.39. The van der Waals surface area contributed by atoms with Crippen LogP contribution in [0, 0.1) is 0 Å². The number of nitrogens with two attached hydrogens (primary N) is 1. The van der Waals surface area contributed by atoms with E-state index in [4.69, 9.17) is 5.73 Å². The maximum absolute atomic E-state index is 5.97. The minimum atomic E-state index is 0.0900. The molecule has 0 bridgehead atoms. The number of hydrogen-bond donors (Lipinski definition) is 2. The van der Waals surface area contributed by atoms with Gasteiger partial charge in [0.25, 0.3) is 0 Å². The molecular formula is C23H45N3. The normalized spacial score (nSPS) is 18.0. The molecule has 0 saturated heterocycles. The lowest BCUT2D eigenvalue weighted by atomic mass is 10.1. The minimum absolute atomic E-state index is 0.0900. The number of allylic oxidation sites excluding steroid dienone is 2. The van der Waals surface area contributed by atoms with Gasteiger partial charge in [-0.25, -0.2) is 0 Å². The molecule has 0 amide bonds. The van der Waals surface area contributed by atoms with Crippen molar-refractivity contribution in [1.82, 2.24) is 10.2 Å². The number of nitrogens with zero attached hydrogens (tertiary/aromatic N) is 1. The molecule has 2 atom stereocenters. The number of unbranched alkanes of at least 4 members (excludes halogenated alkanes) is 12. The molecule has 152 valence electrons. The van der Waals surface area contributed by atoms with Crippen LogP contribution in [-0.2, 0) is 0 Å². The zero-order valence-corrected chi connectivity index (χ0v) is 17.6. The van der Waals surface area contributed by atoms with Crippen LogP contribution in [0.3, 0.4) is 0 Å². The summed E-state index contributed by atoms with van der Waals surface area (Å²) in [4.78, 5) is 2.21. The zero-order valence-electron chi connectivity index (χ0n) is 17.6. The van der Waals surface area contributed by atoms with Crippen molar-refractivity contribution < 1.29 is 0 Å². The molecule has 0 aromatic heterocycles. The van der Waals surface area contributed by atoms with Gasteiger partial charge >= 0.3 is 0 Å². The van der Waals surface area contributed by atoms with E-state index in [1.807, 2.05) is 13.1 Å². The summed E-state index contributed by atoms with van der Waals surface area (Å²) in [5.41, 5.74) is 5.97. The topological polar surface area (TPSA) is 41.3 Å².